The Labute approximate surface area is 119 Å². The molecule has 2 aliphatic rings. The Morgan fingerprint density at radius 2 is 1.85 bits per heavy atom. The van der Waals surface area contributed by atoms with E-state index in [0.29, 0.717) is 25.9 Å². The first-order valence-corrected chi connectivity index (χ1v) is 7.43. The molecule has 1 heterocycles. The number of nitrogens with one attached hydrogen (secondary N) is 1. The van der Waals surface area contributed by atoms with Crippen LogP contribution in [0.5, 0.6) is 0 Å². The second kappa shape index (κ2) is 6.43. The van der Waals surface area contributed by atoms with Crippen molar-refractivity contribution in [3.63, 3.8) is 0 Å². The minimum Gasteiger partial charge on any atom is -0.481 e. The minimum absolute atomic E-state index is 0.0769. The fourth-order valence-electron chi connectivity index (χ4n) is 3.12. The molecule has 2 unspecified atom stereocenters. The van der Waals surface area contributed by atoms with Gasteiger partial charge in [-0.3, -0.25) is 4.79 Å². The molecule has 1 aliphatic carbocycles. The van der Waals surface area contributed by atoms with Crippen LogP contribution in [0.4, 0.5) is 4.79 Å². The maximum atomic E-state index is 12.1. The fourth-order valence-corrected chi connectivity index (χ4v) is 3.12. The normalized spacial score (nSPS) is 31.9. The molecule has 114 valence electrons. The van der Waals surface area contributed by atoms with Crippen molar-refractivity contribution in [2.45, 2.75) is 51.2 Å². The third kappa shape index (κ3) is 3.62. The summed E-state index contributed by atoms with van der Waals surface area (Å²) in [6, 6.07) is 0.00984. The molecule has 2 atom stereocenters. The number of likely N-dealkylation sites (tertiary alicyclic amines) is 1. The number of carboxylic acid groups (broad SMARTS) is 1. The highest BCUT2D eigenvalue weighted by molar-refractivity contribution is 5.75. The number of nitrogens with zero attached hydrogens (tertiary/aromatic N) is 1. The summed E-state index contributed by atoms with van der Waals surface area (Å²) in [5.41, 5.74) is 0. The lowest BCUT2D eigenvalue weighted by atomic mass is 9.86. The molecule has 1 saturated carbocycles. The molecule has 0 radical (unpaired) electrons. The van der Waals surface area contributed by atoms with Gasteiger partial charge in [-0.25, -0.2) is 4.79 Å². The largest absolute Gasteiger partial charge is 0.481 e. The summed E-state index contributed by atoms with van der Waals surface area (Å²) in [6.07, 6.45) is 3.20. The highest BCUT2D eigenvalue weighted by Gasteiger charge is 2.31. The zero-order chi connectivity index (χ0) is 14.7. The van der Waals surface area contributed by atoms with Gasteiger partial charge in [0.15, 0.2) is 0 Å². The first kappa shape index (κ1) is 15.1. The number of carbonyl (C=O) groups is 2. The summed E-state index contributed by atoms with van der Waals surface area (Å²) in [5, 5.41) is 21.5. The van der Waals surface area contributed by atoms with Gasteiger partial charge in [0.2, 0.25) is 0 Å². The van der Waals surface area contributed by atoms with Crippen LogP contribution in [-0.2, 0) is 4.79 Å². The summed E-state index contributed by atoms with van der Waals surface area (Å²) < 4.78 is 0. The number of hydrogen-bond donors (Lipinski definition) is 3. The van der Waals surface area contributed by atoms with Gasteiger partial charge in [-0.1, -0.05) is 0 Å². The molecule has 3 N–H and O–H groups in total. The lowest BCUT2D eigenvalue weighted by molar-refractivity contribution is -0.142. The van der Waals surface area contributed by atoms with E-state index in [0.717, 1.165) is 19.3 Å². The quantitative estimate of drug-likeness (QED) is 0.722. The van der Waals surface area contributed by atoms with Crippen LogP contribution < -0.4 is 5.32 Å². The molecule has 0 aromatic carbocycles. The Bertz CT molecular complexity index is 364. The van der Waals surface area contributed by atoms with Gasteiger partial charge in [0.25, 0.3) is 0 Å². The lowest BCUT2D eigenvalue weighted by Gasteiger charge is -2.28. The first-order chi connectivity index (χ1) is 9.47. The summed E-state index contributed by atoms with van der Waals surface area (Å²) in [6.45, 7) is 3.05. The van der Waals surface area contributed by atoms with E-state index in [1.807, 2.05) is 0 Å². The third-order valence-corrected chi connectivity index (χ3v) is 4.60. The van der Waals surface area contributed by atoms with Crippen LogP contribution in [0.3, 0.4) is 0 Å². The second-order valence-corrected chi connectivity index (χ2v) is 6.07. The molecule has 6 nitrogen and oxygen atoms in total. The number of amides is 2. The van der Waals surface area contributed by atoms with Gasteiger partial charge < -0.3 is 20.4 Å². The van der Waals surface area contributed by atoms with Crippen LogP contribution in [0, 0.1) is 11.8 Å². The molecule has 2 amide bonds. The highest BCUT2D eigenvalue weighted by Crippen LogP contribution is 2.25. The van der Waals surface area contributed by atoms with Gasteiger partial charge >= 0.3 is 12.0 Å². The molecule has 0 bridgehead atoms. The van der Waals surface area contributed by atoms with Crippen LogP contribution >= 0.6 is 0 Å². The van der Waals surface area contributed by atoms with E-state index in [1.165, 1.54) is 0 Å². The van der Waals surface area contributed by atoms with Crippen molar-refractivity contribution < 1.29 is 19.8 Å². The van der Waals surface area contributed by atoms with E-state index in [-0.39, 0.29) is 30.0 Å². The van der Waals surface area contributed by atoms with Crippen LogP contribution in [0.1, 0.15) is 39.0 Å². The number of aliphatic carboxylic acids is 1. The molecule has 1 saturated heterocycles. The molecule has 0 aromatic heterocycles. The Balaban J connectivity index is 1.75. The van der Waals surface area contributed by atoms with E-state index < -0.39 is 5.97 Å². The predicted octanol–water partition coefficient (Wildman–Crippen LogP) is 1.04. The van der Waals surface area contributed by atoms with Crippen molar-refractivity contribution in [1.29, 1.82) is 0 Å². The van der Waals surface area contributed by atoms with Gasteiger partial charge in [-0.05, 0) is 39.0 Å². The lowest BCUT2D eigenvalue weighted by Crippen LogP contribution is -2.45. The van der Waals surface area contributed by atoms with Crippen molar-refractivity contribution in [3.05, 3.63) is 0 Å². The van der Waals surface area contributed by atoms with Gasteiger partial charge in [0.05, 0.1) is 12.0 Å². The van der Waals surface area contributed by atoms with E-state index in [1.54, 1.807) is 11.8 Å². The molecule has 0 spiro atoms. The van der Waals surface area contributed by atoms with Crippen LogP contribution in [0.25, 0.3) is 0 Å². The fraction of sp³-hybridized carbons (Fsp3) is 0.857. The average molecular weight is 284 g/mol. The van der Waals surface area contributed by atoms with Crippen LogP contribution in [-0.4, -0.2) is 52.3 Å². The maximum absolute atomic E-state index is 12.1. The number of urea groups is 1. The number of aliphatic hydroxyl groups is 1. The summed E-state index contributed by atoms with van der Waals surface area (Å²) in [4.78, 5) is 24.7. The second-order valence-electron chi connectivity index (χ2n) is 6.07. The van der Waals surface area contributed by atoms with E-state index in [9.17, 15) is 14.7 Å². The molecule has 1 aliphatic heterocycles. The highest BCUT2D eigenvalue weighted by atomic mass is 16.4. The monoisotopic (exact) mass is 284 g/mol. The SMILES string of the molecule is CC(O)C1CCN(C(=O)NC2CCC(C(=O)O)CC2)C1. The number of rotatable bonds is 3. The van der Waals surface area contributed by atoms with Gasteiger partial charge in [-0.15, -0.1) is 0 Å². The van der Waals surface area contributed by atoms with Crippen molar-refractivity contribution in [2.24, 2.45) is 11.8 Å². The smallest absolute Gasteiger partial charge is 0.317 e. The number of carboxylic acids is 1. The molecule has 6 heteroatoms. The number of hydrogen-bond acceptors (Lipinski definition) is 3. The standard InChI is InChI=1S/C14H24N2O4/c1-9(17)11-6-7-16(8-11)14(20)15-12-4-2-10(3-5-12)13(18)19/h9-12,17H,2-8H2,1H3,(H,15,20)(H,18,19). The average Bonchev–Trinajstić information content (AvgIpc) is 2.89. The Kier molecular flexibility index (Phi) is 4.86. The zero-order valence-electron chi connectivity index (χ0n) is 11.9. The summed E-state index contributed by atoms with van der Waals surface area (Å²) in [5.74, 6) is -0.813. The summed E-state index contributed by atoms with van der Waals surface area (Å²) >= 11 is 0. The summed E-state index contributed by atoms with van der Waals surface area (Å²) in [7, 11) is 0. The Hall–Kier alpha value is -1.30. The first-order valence-electron chi connectivity index (χ1n) is 7.43. The van der Waals surface area contributed by atoms with Crippen LogP contribution in [0.2, 0.25) is 0 Å². The van der Waals surface area contributed by atoms with E-state index >= 15 is 0 Å². The van der Waals surface area contributed by atoms with Crippen LogP contribution in [0.15, 0.2) is 0 Å². The van der Waals surface area contributed by atoms with Crippen molar-refractivity contribution in [1.82, 2.24) is 10.2 Å². The van der Waals surface area contributed by atoms with Gasteiger partial charge in [-0.2, -0.15) is 0 Å². The molecule has 2 fully saturated rings. The maximum Gasteiger partial charge on any atom is 0.317 e. The molecule has 20 heavy (non-hydrogen) atoms. The van der Waals surface area contributed by atoms with Gasteiger partial charge in [0.1, 0.15) is 0 Å². The van der Waals surface area contributed by atoms with E-state index in [2.05, 4.69) is 5.32 Å². The number of aliphatic hydroxyl groups excluding tert-OH is 1. The number of carbonyl (C=O) groups excluding carboxylic acids is 1. The Morgan fingerprint density at radius 3 is 2.35 bits per heavy atom. The molecule has 2 rings (SSSR count). The van der Waals surface area contributed by atoms with Gasteiger partial charge in [0, 0.05) is 25.0 Å². The minimum atomic E-state index is -0.728. The van der Waals surface area contributed by atoms with E-state index in [4.69, 9.17) is 5.11 Å². The third-order valence-electron chi connectivity index (χ3n) is 4.60. The molecular weight excluding hydrogens is 260 g/mol. The molecular formula is C14H24N2O4. The topological polar surface area (TPSA) is 89.9 Å². The van der Waals surface area contributed by atoms with Crippen molar-refractivity contribution >= 4 is 12.0 Å². The zero-order valence-corrected chi connectivity index (χ0v) is 11.9. The predicted molar refractivity (Wildman–Crippen MR) is 73.3 cm³/mol. The van der Waals surface area contributed by atoms with Crippen molar-refractivity contribution in [2.75, 3.05) is 13.1 Å². The Morgan fingerprint density at radius 1 is 1.20 bits per heavy atom. The van der Waals surface area contributed by atoms with Crippen molar-refractivity contribution in [3.8, 4) is 0 Å². The molecule has 0 aromatic rings.